The minimum Gasteiger partial charge on any atom is -0.445 e. The second-order valence-corrected chi connectivity index (χ2v) is 8.12. The number of carbonyl (C=O) groups excluding carboxylic acids is 1. The average Bonchev–Trinajstić information content (AvgIpc) is 3.52. The standard InChI is InChI=1S/C23H24FN5O2/c24-19-8-6-17(7-9-19)20-14-28(27-26-20)12-18-13-29(21-10-11-25-22(18)21)23(30)31-15-16-4-2-1-3-5-16/h1-9,14,18,21-22,25H,10-13,15H2/t18-,21+,22+/m0/s1. The van der Waals surface area contributed by atoms with Crippen LogP contribution in [0.15, 0.2) is 60.8 Å². The van der Waals surface area contributed by atoms with Gasteiger partial charge in [-0.2, -0.15) is 0 Å². The summed E-state index contributed by atoms with van der Waals surface area (Å²) in [5.74, 6) is -0.0702. The molecule has 1 N–H and O–H groups in total. The number of hydrogen-bond donors (Lipinski definition) is 1. The van der Waals surface area contributed by atoms with Crippen LogP contribution < -0.4 is 5.32 Å². The Hall–Kier alpha value is -3.26. The number of nitrogens with zero attached hydrogens (tertiary/aromatic N) is 4. The number of fused-ring (bicyclic) bond motifs is 1. The second-order valence-electron chi connectivity index (χ2n) is 8.12. The summed E-state index contributed by atoms with van der Waals surface area (Å²) in [6.07, 6.45) is 2.52. The Labute approximate surface area is 179 Å². The van der Waals surface area contributed by atoms with Gasteiger partial charge in [0, 0.05) is 30.6 Å². The predicted octanol–water partition coefficient (Wildman–Crippen LogP) is 3.08. The van der Waals surface area contributed by atoms with Gasteiger partial charge < -0.3 is 15.0 Å². The predicted molar refractivity (Wildman–Crippen MR) is 112 cm³/mol. The van der Waals surface area contributed by atoms with Gasteiger partial charge in [-0.05, 0) is 42.8 Å². The molecule has 2 aromatic carbocycles. The van der Waals surface area contributed by atoms with Crippen LogP contribution in [0.3, 0.4) is 0 Å². The molecule has 0 aliphatic carbocycles. The molecule has 3 heterocycles. The van der Waals surface area contributed by atoms with Crippen LogP contribution in [-0.4, -0.2) is 51.2 Å². The molecule has 2 fully saturated rings. The molecule has 5 rings (SSSR count). The van der Waals surface area contributed by atoms with Crippen molar-refractivity contribution >= 4 is 6.09 Å². The number of aromatic nitrogens is 3. The third-order valence-corrected chi connectivity index (χ3v) is 6.11. The van der Waals surface area contributed by atoms with Crippen LogP contribution in [0.5, 0.6) is 0 Å². The second kappa shape index (κ2) is 8.47. The zero-order valence-corrected chi connectivity index (χ0v) is 17.0. The molecule has 31 heavy (non-hydrogen) atoms. The minimum absolute atomic E-state index is 0.133. The first-order valence-corrected chi connectivity index (χ1v) is 10.5. The quantitative estimate of drug-likeness (QED) is 0.686. The molecular weight excluding hydrogens is 397 g/mol. The van der Waals surface area contributed by atoms with Gasteiger partial charge in [0.2, 0.25) is 0 Å². The van der Waals surface area contributed by atoms with Crippen molar-refractivity contribution in [2.45, 2.75) is 31.7 Å². The first kappa shape index (κ1) is 19.7. The Morgan fingerprint density at radius 2 is 1.97 bits per heavy atom. The van der Waals surface area contributed by atoms with Gasteiger partial charge in [-0.3, -0.25) is 4.68 Å². The van der Waals surface area contributed by atoms with Gasteiger partial charge in [-0.15, -0.1) is 5.10 Å². The van der Waals surface area contributed by atoms with Crippen molar-refractivity contribution in [3.8, 4) is 11.3 Å². The lowest BCUT2D eigenvalue weighted by Gasteiger charge is -2.22. The van der Waals surface area contributed by atoms with Crippen molar-refractivity contribution in [1.82, 2.24) is 25.2 Å². The number of nitrogens with one attached hydrogen (secondary N) is 1. The number of benzene rings is 2. The van der Waals surface area contributed by atoms with Crippen molar-refractivity contribution in [3.05, 3.63) is 72.2 Å². The number of halogens is 1. The Morgan fingerprint density at radius 1 is 1.16 bits per heavy atom. The fraction of sp³-hybridized carbons (Fsp3) is 0.348. The number of rotatable bonds is 5. The maximum Gasteiger partial charge on any atom is 0.410 e. The Kier molecular flexibility index (Phi) is 5.38. The van der Waals surface area contributed by atoms with Crippen molar-refractivity contribution in [1.29, 1.82) is 0 Å². The highest BCUT2D eigenvalue weighted by Crippen LogP contribution is 2.31. The van der Waals surface area contributed by atoms with Gasteiger partial charge in [0.1, 0.15) is 18.1 Å². The van der Waals surface area contributed by atoms with Crippen molar-refractivity contribution in [2.75, 3.05) is 13.1 Å². The first-order valence-electron chi connectivity index (χ1n) is 10.5. The highest BCUT2D eigenvalue weighted by molar-refractivity contribution is 5.69. The van der Waals surface area contributed by atoms with Gasteiger partial charge >= 0.3 is 6.09 Å². The monoisotopic (exact) mass is 421 g/mol. The Balaban J connectivity index is 1.24. The maximum absolute atomic E-state index is 13.2. The van der Waals surface area contributed by atoms with Crippen LogP contribution in [0.25, 0.3) is 11.3 Å². The van der Waals surface area contributed by atoms with Gasteiger partial charge in [0.05, 0.1) is 12.2 Å². The molecule has 0 unspecified atom stereocenters. The van der Waals surface area contributed by atoms with Crippen molar-refractivity contribution in [2.24, 2.45) is 5.92 Å². The van der Waals surface area contributed by atoms with E-state index in [0.717, 1.165) is 24.1 Å². The zero-order valence-electron chi connectivity index (χ0n) is 17.0. The third-order valence-electron chi connectivity index (χ3n) is 6.11. The van der Waals surface area contributed by atoms with E-state index >= 15 is 0 Å². The number of hydrogen-bond acceptors (Lipinski definition) is 5. The number of ether oxygens (including phenoxy) is 1. The molecule has 8 heteroatoms. The summed E-state index contributed by atoms with van der Waals surface area (Å²) < 4.78 is 20.6. The summed E-state index contributed by atoms with van der Waals surface area (Å²) in [5, 5.41) is 12.0. The van der Waals surface area contributed by atoms with E-state index in [0.29, 0.717) is 18.8 Å². The lowest BCUT2D eigenvalue weighted by atomic mass is 10.0. The molecule has 0 spiro atoms. The van der Waals surface area contributed by atoms with Crippen LogP contribution in [0.2, 0.25) is 0 Å². The molecule has 3 atom stereocenters. The molecule has 2 aliphatic heterocycles. The SMILES string of the molecule is O=C(OCc1ccccc1)N1C[C@H](Cn2cc(-c3ccc(F)cc3)nn2)[C@H]2NCC[C@H]21. The molecule has 0 radical (unpaired) electrons. The fourth-order valence-corrected chi connectivity index (χ4v) is 4.61. The summed E-state index contributed by atoms with van der Waals surface area (Å²) in [6.45, 7) is 2.41. The largest absolute Gasteiger partial charge is 0.445 e. The number of carbonyl (C=O) groups is 1. The van der Waals surface area contributed by atoms with E-state index in [1.54, 1.807) is 16.8 Å². The molecule has 2 aliphatic rings. The van der Waals surface area contributed by atoms with Gasteiger partial charge in [0.25, 0.3) is 0 Å². The van der Waals surface area contributed by atoms with E-state index in [4.69, 9.17) is 4.74 Å². The molecular formula is C23H24FN5O2. The van der Waals surface area contributed by atoms with E-state index in [9.17, 15) is 9.18 Å². The molecule has 0 saturated carbocycles. The van der Waals surface area contributed by atoms with E-state index in [-0.39, 0.29) is 36.5 Å². The molecule has 7 nitrogen and oxygen atoms in total. The summed E-state index contributed by atoms with van der Waals surface area (Å²) in [4.78, 5) is 14.6. The minimum atomic E-state index is -0.278. The summed E-state index contributed by atoms with van der Waals surface area (Å²) >= 11 is 0. The summed E-state index contributed by atoms with van der Waals surface area (Å²) in [7, 11) is 0. The van der Waals surface area contributed by atoms with E-state index < -0.39 is 0 Å². The van der Waals surface area contributed by atoms with E-state index in [1.807, 2.05) is 41.4 Å². The van der Waals surface area contributed by atoms with Crippen LogP contribution in [0.4, 0.5) is 9.18 Å². The van der Waals surface area contributed by atoms with Gasteiger partial charge in [-0.1, -0.05) is 35.5 Å². The molecule has 0 bridgehead atoms. The smallest absolute Gasteiger partial charge is 0.410 e. The number of likely N-dealkylation sites (tertiary alicyclic amines) is 1. The van der Waals surface area contributed by atoms with Crippen molar-refractivity contribution < 1.29 is 13.9 Å². The molecule has 1 amide bonds. The van der Waals surface area contributed by atoms with Crippen LogP contribution in [-0.2, 0) is 17.9 Å². The third kappa shape index (κ3) is 4.16. The molecule has 3 aromatic rings. The lowest BCUT2D eigenvalue weighted by Crippen LogP contribution is -2.39. The maximum atomic E-state index is 13.2. The van der Waals surface area contributed by atoms with E-state index in [2.05, 4.69) is 15.6 Å². The highest BCUT2D eigenvalue weighted by atomic mass is 19.1. The van der Waals surface area contributed by atoms with Gasteiger partial charge in [-0.25, -0.2) is 9.18 Å². The lowest BCUT2D eigenvalue weighted by molar-refractivity contribution is 0.0912. The molecule has 2 saturated heterocycles. The normalized spacial score (nSPS) is 22.5. The van der Waals surface area contributed by atoms with Crippen LogP contribution in [0.1, 0.15) is 12.0 Å². The summed E-state index contributed by atoms with van der Waals surface area (Å²) in [5.41, 5.74) is 2.50. The topological polar surface area (TPSA) is 72.3 Å². The number of amides is 1. The molecule has 1 aromatic heterocycles. The Morgan fingerprint density at radius 3 is 2.77 bits per heavy atom. The van der Waals surface area contributed by atoms with Crippen LogP contribution in [0, 0.1) is 11.7 Å². The first-order chi connectivity index (χ1) is 15.2. The Bertz CT molecular complexity index is 1040. The summed E-state index contributed by atoms with van der Waals surface area (Å²) in [6, 6.07) is 16.3. The zero-order chi connectivity index (χ0) is 21.2. The fourth-order valence-electron chi connectivity index (χ4n) is 4.61. The van der Waals surface area contributed by atoms with E-state index in [1.165, 1.54) is 12.1 Å². The molecule has 160 valence electrons. The highest BCUT2D eigenvalue weighted by Gasteiger charge is 2.47. The van der Waals surface area contributed by atoms with Crippen LogP contribution >= 0.6 is 0 Å². The average molecular weight is 421 g/mol. The van der Waals surface area contributed by atoms with Gasteiger partial charge in [0.15, 0.2) is 0 Å². The van der Waals surface area contributed by atoms with Crippen molar-refractivity contribution in [3.63, 3.8) is 0 Å².